The molecule has 0 aliphatic rings. The molecule has 4 N–H and O–H groups in total. The zero-order chi connectivity index (χ0) is 0. The summed E-state index contributed by atoms with van der Waals surface area (Å²) in [7, 11) is 0. The predicted octanol–water partition coefficient (Wildman–Crippen LogP) is -2.03. The van der Waals surface area contributed by atoms with E-state index in [9.17, 15) is 0 Å². The molecule has 0 aromatic heterocycles. The molecule has 0 aromatic rings. The molecule has 0 aromatic carbocycles. The van der Waals surface area contributed by atoms with Gasteiger partial charge >= 0.3 is 0 Å². The number of hydrogen-bond donors (Lipinski definition) is 0. The molecule has 0 unspecified atom stereocenters. The molecule has 0 aliphatic carbocycles. The first kappa shape index (κ1) is 52.8. The Bertz CT molecular complexity index is 6.00. The van der Waals surface area contributed by atoms with Crippen LogP contribution in [-0.2, 0) is 16.5 Å². The fraction of sp³-hybridized carbons (Fsp3) is 0. The molecule has 0 fully saturated rings. The van der Waals surface area contributed by atoms with E-state index in [1.165, 1.54) is 0 Å². The van der Waals surface area contributed by atoms with Crippen molar-refractivity contribution in [1.82, 2.24) is 0 Å². The van der Waals surface area contributed by atoms with Crippen molar-refractivity contribution in [2.75, 3.05) is 0 Å². The molecule has 0 bridgehead atoms. The van der Waals surface area contributed by atoms with Gasteiger partial charge in [-0.15, -0.1) is 0 Å². The SMILES string of the molecule is O.O.[Na].[Ni]. The van der Waals surface area contributed by atoms with Gasteiger partial charge in [-0.3, -0.25) is 0 Å². The Kier molecular flexibility index (Phi) is 340. The molecular weight excluding hydrogens is 114 g/mol. The molecule has 0 aliphatic heterocycles. The Hall–Kier alpha value is 1.41. The van der Waals surface area contributed by atoms with Crippen molar-refractivity contribution in [3.05, 3.63) is 0 Å². The first-order valence-corrected chi connectivity index (χ1v) is 0. The van der Waals surface area contributed by atoms with E-state index in [1.54, 1.807) is 0 Å². The summed E-state index contributed by atoms with van der Waals surface area (Å²) >= 11 is 0. The Morgan fingerprint density at radius 1 is 0.750 bits per heavy atom. The van der Waals surface area contributed by atoms with Crippen molar-refractivity contribution in [1.29, 1.82) is 0 Å². The monoisotopic (exact) mass is 117 g/mol. The van der Waals surface area contributed by atoms with Crippen molar-refractivity contribution in [2.24, 2.45) is 0 Å². The molecule has 0 saturated heterocycles. The van der Waals surface area contributed by atoms with Crippen LogP contribution in [0.25, 0.3) is 0 Å². The quantitative estimate of drug-likeness (QED) is 0.329. The summed E-state index contributed by atoms with van der Waals surface area (Å²) < 4.78 is 0. The zero-order valence-corrected chi connectivity index (χ0v) is 5.30. The van der Waals surface area contributed by atoms with Gasteiger partial charge in [0.2, 0.25) is 0 Å². The van der Waals surface area contributed by atoms with E-state index in [-0.39, 0.29) is 57.0 Å². The Balaban J connectivity index is 0. The molecular formula is H4NaNiO2. The van der Waals surface area contributed by atoms with Crippen molar-refractivity contribution < 1.29 is 27.4 Å². The van der Waals surface area contributed by atoms with Gasteiger partial charge in [-0.25, -0.2) is 0 Å². The molecule has 0 spiro atoms. The topological polar surface area (TPSA) is 63.0 Å². The van der Waals surface area contributed by atoms with Crippen LogP contribution in [0.3, 0.4) is 0 Å². The molecule has 0 atom stereocenters. The molecule has 0 amide bonds. The van der Waals surface area contributed by atoms with E-state index in [0.717, 1.165) is 0 Å². The molecule has 2 nitrogen and oxygen atoms in total. The Labute approximate surface area is 56.8 Å². The van der Waals surface area contributed by atoms with Crippen molar-refractivity contribution in [2.45, 2.75) is 0 Å². The minimum absolute atomic E-state index is 0. The van der Waals surface area contributed by atoms with Crippen molar-refractivity contribution in [3.63, 3.8) is 0 Å². The summed E-state index contributed by atoms with van der Waals surface area (Å²) in [5.74, 6) is 0. The summed E-state index contributed by atoms with van der Waals surface area (Å²) in [5, 5.41) is 0. The van der Waals surface area contributed by atoms with Gasteiger partial charge in [-0.05, 0) is 0 Å². The maximum Gasteiger partial charge on any atom is 0 e. The summed E-state index contributed by atoms with van der Waals surface area (Å²) in [6.07, 6.45) is 0. The van der Waals surface area contributed by atoms with Gasteiger partial charge in [0, 0.05) is 46.0 Å². The van der Waals surface area contributed by atoms with Crippen LogP contribution in [0.4, 0.5) is 0 Å². The number of hydrogen-bond acceptors (Lipinski definition) is 0. The first-order chi connectivity index (χ1) is 0. The van der Waals surface area contributed by atoms with Crippen LogP contribution in [0.2, 0.25) is 0 Å². The molecule has 4 heavy (non-hydrogen) atoms. The van der Waals surface area contributed by atoms with Crippen molar-refractivity contribution in [3.8, 4) is 0 Å². The minimum Gasteiger partial charge on any atom is -0.412 e. The van der Waals surface area contributed by atoms with Crippen LogP contribution in [0, 0.1) is 0 Å². The Morgan fingerprint density at radius 2 is 0.750 bits per heavy atom. The fourth-order valence-corrected chi connectivity index (χ4v) is 0. The summed E-state index contributed by atoms with van der Waals surface area (Å²) in [5.41, 5.74) is 0. The van der Waals surface area contributed by atoms with E-state index >= 15 is 0 Å². The summed E-state index contributed by atoms with van der Waals surface area (Å²) in [4.78, 5) is 0. The molecule has 0 rings (SSSR count). The maximum atomic E-state index is 0. The first-order valence-electron chi connectivity index (χ1n) is 0. The van der Waals surface area contributed by atoms with E-state index in [0.29, 0.717) is 0 Å². The van der Waals surface area contributed by atoms with Crippen LogP contribution in [0.1, 0.15) is 0 Å². The average molecular weight is 118 g/mol. The predicted molar refractivity (Wildman–Crippen MR) is 13.0 cm³/mol. The van der Waals surface area contributed by atoms with Crippen LogP contribution < -0.4 is 0 Å². The van der Waals surface area contributed by atoms with Gasteiger partial charge in [-0.1, -0.05) is 0 Å². The van der Waals surface area contributed by atoms with E-state index in [1.807, 2.05) is 0 Å². The fourth-order valence-electron chi connectivity index (χ4n) is 0. The molecule has 27 valence electrons. The van der Waals surface area contributed by atoms with Gasteiger partial charge < -0.3 is 11.0 Å². The van der Waals surface area contributed by atoms with Gasteiger partial charge in [0.1, 0.15) is 0 Å². The molecule has 0 heterocycles. The number of rotatable bonds is 0. The third-order valence-electron chi connectivity index (χ3n) is 0. The van der Waals surface area contributed by atoms with Gasteiger partial charge in [0.25, 0.3) is 0 Å². The maximum absolute atomic E-state index is 0. The van der Waals surface area contributed by atoms with Gasteiger partial charge in [-0.2, -0.15) is 0 Å². The second kappa shape index (κ2) is 25.7. The second-order valence-electron chi connectivity index (χ2n) is 0. The minimum atomic E-state index is 0. The van der Waals surface area contributed by atoms with Crippen LogP contribution in [0.5, 0.6) is 0 Å². The summed E-state index contributed by atoms with van der Waals surface area (Å²) in [6, 6.07) is 0. The Morgan fingerprint density at radius 3 is 0.750 bits per heavy atom. The van der Waals surface area contributed by atoms with Gasteiger partial charge in [0.05, 0.1) is 0 Å². The zero-order valence-electron chi connectivity index (χ0n) is 2.32. The van der Waals surface area contributed by atoms with Crippen LogP contribution in [-0.4, -0.2) is 40.5 Å². The summed E-state index contributed by atoms with van der Waals surface area (Å²) in [6.45, 7) is 0. The largest absolute Gasteiger partial charge is 0.412 e. The van der Waals surface area contributed by atoms with Gasteiger partial charge in [0.15, 0.2) is 0 Å². The smallest absolute Gasteiger partial charge is 0 e. The molecule has 0 saturated carbocycles. The third-order valence-corrected chi connectivity index (χ3v) is 0. The van der Waals surface area contributed by atoms with E-state index < -0.39 is 0 Å². The third kappa shape index (κ3) is 9.95. The molecule has 4 heteroatoms. The molecule has 1 radical (unpaired) electrons. The standard InChI is InChI=1S/Na.Ni.2H2O/h;;2*1H2. The van der Waals surface area contributed by atoms with Crippen LogP contribution >= 0.6 is 0 Å². The van der Waals surface area contributed by atoms with Crippen LogP contribution in [0.15, 0.2) is 0 Å². The van der Waals surface area contributed by atoms with E-state index in [2.05, 4.69) is 0 Å². The second-order valence-corrected chi connectivity index (χ2v) is 0. The normalized spacial score (nSPS) is 0. The average Bonchev–Trinajstić information content (AvgIpc) is 0. The van der Waals surface area contributed by atoms with E-state index in [4.69, 9.17) is 0 Å². The van der Waals surface area contributed by atoms with Crippen molar-refractivity contribution >= 4 is 29.6 Å².